The van der Waals surface area contributed by atoms with Crippen molar-refractivity contribution in [3.8, 4) is 11.5 Å². The lowest BCUT2D eigenvalue weighted by molar-refractivity contribution is -0.145. The third-order valence-corrected chi connectivity index (χ3v) is 6.69. The highest BCUT2D eigenvalue weighted by Gasteiger charge is 2.30. The number of aryl methyl sites for hydroxylation is 1. The van der Waals surface area contributed by atoms with E-state index < -0.39 is 6.04 Å². The zero-order valence-electron chi connectivity index (χ0n) is 21.7. The maximum atomic E-state index is 13.3. The van der Waals surface area contributed by atoms with Gasteiger partial charge in [0, 0.05) is 34.2 Å². The fraction of sp³-hybridized carbons (Fsp3) is 0.464. The number of fused-ring (bicyclic) bond motifs is 1. The molecule has 0 aromatic heterocycles. The summed E-state index contributed by atoms with van der Waals surface area (Å²) in [5.41, 5.74) is 1.56. The van der Waals surface area contributed by atoms with Crippen molar-refractivity contribution in [2.45, 2.75) is 38.1 Å². The molecule has 0 aliphatic carbocycles. The number of carbonyl (C=O) groups excluding carboxylic acids is 3. The Morgan fingerprint density at radius 3 is 2.58 bits per heavy atom. The normalized spacial score (nSPS) is 17.3. The topological polar surface area (TPSA) is 79.4 Å². The van der Waals surface area contributed by atoms with Gasteiger partial charge in [-0.05, 0) is 55.9 Å². The molecular formula is C28H37N3O5. The lowest BCUT2D eigenvalue weighted by atomic mass is 10.1. The van der Waals surface area contributed by atoms with Gasteiger partial charge in [0.15, 0.2) is 6.61 Å². The summed E-state index contributed by atoms with van der Waals surface area (Å²) in [6.45, 7) is 0.927. The quantitative estimate of drug-likeness (QED) is 0.615. The molecule has 194 valence electrons. The minimum absolute atomic E-state index is 0.0960. The molecular weight excluding hydrogens is 458 g/mol. The third kappa shape index (κ3) is 6.77. The summed E-state index contributed by atoms with van der Waals surface area (Å²) in [5, 5.41) is 0. The predicted octanol–water partition coefficient (Wildman–Crippen LogP) is 3.25. The zero-order chi connectivity index (χ0) is 26.1. The molecule has 1 atom stereocenters. The van der Waals surface area contributed by atoms with Gasteiger partial charge in [-0.25, -0.2) is 0 Å². The molecule has 2 aromatic carbocycles. The highest BCUT2D eigenvalue weighted by molar-refractivity contribution is 5.96. The Labute approximate surface area is 213 Å². The maximum Gasteiger partial charge on any atom is 0.260 e. The van der Waals surface area contributed by atoms with Crippen molar-refractivity contribution < 1.29 is 23.9 Å². The summed E-state index contributed by atoms with van der Waals surface area (Å²) < 4.78 is 11.2. The molecule has 36 heavy (non-hydrogen) atoms. The first-order valence-corrected chi connectivity index (χ1v) is 12.4. The lowest BCUT2D eigenvalue weighted by Gasteiger charge is -2.31. The first kappa shape index (κ1) is 27.0. The Hall–Kier alpha value is -3.55. The first-order valence-electron chi connectivity index (χ1n) is 12.4. The molecule has 0 spiro atoms. The van der Waals surface area contributed by atoms with Crippen LogP contribution >= 0.6 is 0 Å². The highest BCUT2D eigenvalue weighted by Crippen LogP contribution is 2.22. The van der Waals surface area contributed by atoms with Crippen LogP contribution in [-0.2, 0) is 16.0 Å². The van der Waals surface area contributed by atoms with Gasteiger partial charge >= 0.3 is 0 Å². The van der Waals surface area contributed by atoms with E-state index >= 15 is 0 Å². The molecule has 0 radical (unpaired) electrons. The van der Waals surface area contributed by atoms with Crippen LogP contribution < -0.4 is 9.47 Å². The number of rotatable bonds is 6. The Morgan fingerprint density at radius 1 is 1.08 bits per heavy atom. The molecule has 0 unspecified atom stereocenters. The monoisotopic (exact) mass is 495 g/mol. The Balaban J connectivity index is 1.68. The van der Waals surface area contributed by atoms with Crippen LogP contribution in [-0.4, -0.2) is 86.4 Å². The summed E-state index contributed by atoms with van der Waals surface area (Å²) >= 11 is 0. The molecule has 3 amide bonds. The molecule has 8 heteroatoms. The van der Waals surface area contributed by atoms with E-state index in [0.29, 0.717) is 43.0 Å². The molecule has 0 fully saturated rings. The van der Waals surface area contributed by atoms with Gasteiger partial charge in [0.25, 0.3) is 11.8 Å². The van der Waals surface area contributed by atoms with Crippen molar-refractivity contribution in [2.75, 3.05) is 47.9 Å². The number of methoxy groups -OCH3 is 1. The van der Waals surface area contributed by atoms with Gasteiger partial charge < -0.3 is 24.2 Å². The van der Waals surface area contributed by atoms with E-state index in [4.69, 9.17) is 9.47 Å². The van der Waals surface area contributed by atoms with Crippen molar-refractivity contribution >= 4 is 17.7 Å². The molecule has 0 N–H and O–H groups in total. The minimum atomic E-state index is -0.628. The number of hydrogen-bond acceptors (Lipinski definition) is 5. The van der Waals surface area contributed by atoms with Crippen LogP contribution in [0.5, 0.6) is 11.5 Å². The van der Waals surface area contributed by atoms with Crippen molar-refractivity contribution in [1.29, 1.82) is 0 Å². The SMILES string of the molecule is COc1ccccc1C(=O)N(C)CCC[C@H]1C(=O)N(C)CCCCc2ccccc2OCC(=O)N1C. The first-order chi connectivity index (χ1) is 17.3. The average Bonchev–Trinajstić information content (AvgIpc) is 2.91. The van der Waals surface area contributed by atoms with Crippen LogP contribution in [0.1, 0.15) is 41.6 Å². The number of benzene rings is 2. The Kier molecular flexibility index (Phi) is 9.73. The van der Waals surface area contributed by atoms with Gasteiger partial charge in [-0.3, -0.25) is 14.4 Å². The van der Waals surface area contributed by atoms with E-state index in [1.54, 1.807) is 49.1 Å². The molecule has 8 nitrogen and oxygen atoms in total. The average molecular weight is 496 g/mol. The second-order valence-corrected chi connectivity index (χ2v) is 9.20. The fourth-order valence-corrected chi connectivity index (χ4v) is 4.43. The molecule has 1 heterocycles. The third-order valence-electron chi connectivity index (χ3n) is 6.69. The molecule has 3 rings (SSSR count). The van der Waals surface area contributed by atoms with Crippen LogP contribution in [0.4, 0.5) is 0 Å². The van der Waals surface area contributed by atoms with Crippen LogP contribution in [0.15, 0.2) is 48.5 Å². The van der Waals surface area contributed by atoms with Crippen LogP contribution in [0.3, 0.4) is 0 Å². The number of hydrogen-bond donors (Lipinski definition) is 0. The van der Waals surface area contributed by atoms with Gasteiger partial charge in [-0.1, -0.05) is 30.3 Å². The summed E-state index contributed by atoms with van der Waals surface area (Å²) in [4.78, 5) is 44.1. The fourth-order valence-electron chi connectivity index (χ4n) is 4.43. The zero-order valence-corrected chi connectivity index (χ0v) is 21.7. The van der Waals surface area contributed by atoms with Crippen molar-refractivity contribution in [3.05, 3.63) is 59.7 Å². The molecule has 1 aliphatic rings. The van der Waals surface area contributed by atoms with E-state index in [2.05, 4.69) is 0 Å². The second-order valence-electron chi connectivity index (χ2n) is 9.20. The lowest BCUT2D eigenvalue weighted by Crippen LogP contribution is -2.50. The van der Waals surface area contributed by atoms with Crippen LogP contribution in [0, 0.1) is 0 Å². The van der Waals surface area contributed by atoms with Crippen molar-refractivity contribution in [3.63, 3.8) is 0 Å². The molecule has 0 bridgehead atoms. The molecule has 0 saturated heterocycles. The van der Waals surface area contributed by atoms with E-state index in [9.17, 15) is 14.4 Å². The van der Waals surface area contributed by atoms with Gasteiger partial charge in [-0.2, -0.15) is 0 Å². The summed E-state index contributed by atoms with van der Waals surface area (Å²) in [7, 11) is 6.70. The number of para-hydroxylation sites is 2. The van der Waals surface area contributed by atoms with Gasteiger partial charge in [0.2, 0.25) is 5.91 Å². The Morgan fingerprint density at radius 2 is 1.81 bits per heavy atom. The Bertz CT molecular complexity index is 1060. The van der Waals surface area contributed by atoms with Crippen molar-refractivity contribution in [2.24, 2.45) is 0 Å². The molecule has 1 aliphatic heterocycles. The van der Waals surface area contributed by atoms with Gasteiger partial charge in [-0.15, -0.1) is 0 Å². The van der Waals surface area contributed by atoms with Gasteiger partial charge in [0.05, 0.1) is 12.7 Å². The van der Waals surface area contributed by atoms with E-state index in [1.807, 2.05) is 30.3 Å². The number of likely N-dealkylation sites (N-methyl/N-ethyl adjacent to an activating group) is 2. The molecule has 0 saturated carbocycles. The standard InChI is InChI=1S/C28H37N3O5/c1-29(27(33)22-14-6-8-17-25(22)35-4)19-11-15-23-28(34)30(2)18-10-9-13-21-12-5-7-16-24(21)36-20-26(32)31(23)3/h5-8,12,14,16-17,23H,9-11,13,15,18-20H2,1-4H3/t23-/m0/s1. The minimum Gasteiger partial charge on any atom is -0.496 e. The number of nitrogens with zero attached hydrogens (tertiary/aromatic N) is 3. The van der Waals surface area contributed by atoms with Crippen LogP contribution in [0.25, 0.3) is 0 Å². The van der Waals surface area contributed by atoms with E-state index in [1.165, 1.54) is 12.0 Å². The van der Waals surface area contributed by atoms with Gasteiger partial charge in [0.1, 0.15) is 17.5 Å². The predicted molar refractivity (Wildman–Crippen MR) is 138 cm³/mol. The van der Waals surface area contributed by atoms with E-state index in [0.717, 1.165) is 24.8 Å². The highest BCUT2D eigenvalue weighted by atomic mass is 16.5. The summed E-state index contributed by atoms with van der Waals surface area (Å²) in [5.74, 6) is 0.734. The van der Waals surface area contributed by atoms with Crippen LogP contribution in [0.2, 0.25) is 0 Å². The largest absolute Gasteiger partial charge is 0.496 e. The molecule has 2 aromatic rings. The maximum absolute atomic E-state index is 13.3. The summed E-state index contributed by atoms with van der Waals surface area (Å²) in [6.07, 6.45) is 3.60. The van der Waals surface area contributed by atoms with Crippen molar-refractivity contribution in [1.82, 2.24) is 14.7 Å². The number of carbonyl (C=O) groups is 3. The van der Waals surface area contributed by atoms with E-state index in [-0.39, 0.29) is 24.3 Å². The number of ether oxygens (including phenoxy) is 2. The second kappa shape index (κ2) is 13.0. The number of amides is 3. The summed E-state index contributed by atoms with van der Waals surface area (Å²) in [6, 6.07) is 14.2. The smallest absolute Gasteiger partial charge is 0.260 e.